The van der Waals surface area contributed by atoms with Gasteiger partial charge in [0.1, 0.15) is 0 Å². The molecule has 2 heterocycles. The van der Waals surface area contributed by atoms with E-state index in [2.05, 4.69) is 28.7 Å². The molecule has 1 aromatic rings. The van der Waals surface area contributed by atoms with Crippen LogP contribution < -0.4 is 4.90 Å². The Hall–Kier alpha value is -1.12. The van der Waals surface area contributed by atoms with Crippen molar-refractivity contribution in [2.24, 2.45) is 0 Å². The van der Waals surface area contributed by atoms with E-state index < -0.39 is 0 Å². The van der Waals surface area contributed by atoms with Crippen LogP contribution in [-0.2, 0) is 6.42 Å². The molecule has 1 aromatic heterocycles. The Morgan fingerprint density at radius 2 is 2.07 bits per heavy atom. The van der Waals surface area contributed by atoms with Crippen molar-refractivity contribution in [3.05, 3.63) is 18.0 Å². The van der Waals surface area contributed by atoms with Gasteiger partial charge in [-0.3, -0.25) is 0 Å². The average Bonchev–Trinajstić information content (AvgIpc) is 2.30. The molecule has 0 radical (unpaired) electrons. The van der Waals surface area contributed by atoms with Crippen molar-refractivity contribution in [3.8, 4) is 0 Å². The maximum atomic E-state index is 4.44. The first-order valence-corrected chi connectivity index (χ1v) is 5.89. The molecule has 0 aromatic carbocycles. The highest BCUT2D eigenvalue weighted by Gasteiger charge is 2.20. The first-order valence-electron chi connectivity index (χ1n) is 5.89. The van der Waals surface area contributed by atoms with Crippen LogP contribution in [-0.4, -0.2) is 22.6 Å². The number of rotatable bonds is 2. The lowest BCUT2D eigenvalue weighted by Crippen LogP contribution is -2.38. The van der Waals surface area contributed by atoms with Gasteiger partial charge in [-0.1, -0.05) is 6.92 Å². The quantitative estimate of drug-likeness (QED) is 0.742. The van der Waals surface area contributed by atoms with Crippen LogP contribution in [0.25, 0.3) is 0 Å². The van der Waals surface area contributed by atoms with E-state index in [0.29, 0.717) is 6.04 Å². The molecule has 0 amide bonds. The van der Waals surface area contributed by atoms with Gasteiger partial charge in [-0.05, 0) is 38.2 Å². The zero-order chi connectivity index (χ0) is 10.7. The van der Waals surface area contributed by atoms with E-state index in [4.69, 9.17) is 0 Å². The van der Waals surface area contributed by atoms with Gasteiger partial charge in [0.25, 0.3) is 0 Å². The number of aromatic nitrogens is 2. The minimum atomic E-state index is 0.589. The number of piperidine rings is 1. The molecule has 1 fully saturated rings. The predicted octanol–water partition coefficient (Wildman–Crippen LogP) is 2.42. The summed E-state index contributed by atoms with van der Waals surface area (Å²) < 4.78 is 0. The van der Waals surface area contributed by atoms with Crippen molar-refractivity contribution in [3.63, 3.8) is 0 Å². The average molecular weight is 205 g/mol. The van der Waals surface area contributed by atoms with Gasteiger partial charge in [0.15, 0.2) is 0 Å². The van der Waals surface area contributed by atoms with E-state index in [1.54, 1.807) is 0 Å². The summed E-state index contributed by atoms with van der Waals surface area (Å²) in [5.74, 6) is 0.902. The first-order chi connectivity index (χ1) is 7.31. The number of nitrogens with zero attached hydrogens (tertiary/aromatic N) is 3. The summed E-state index contributed by atoms with van der Waals surface area (Å²) in [6.45, 7) is 5.49. The highest BCUT2D eigenvalue weighted by molar-refractivity contribution is 5.32. The predicted molar refractivity (Wildman–Crippen MR) is 62.1 cm³/mol. The normalized spacial score (nSPS) is 21.7. The summed E-state index contributed by atoms with van der Waals surface area (Å²) in [5, 5.41) is 0. The molecule has 15 heavy (non-hydrogen) atoms. The van der Waals surface area contributed by atoms with Crippen LogP contribution in [0.2, 0.25) is 0 Å². The maximum absolute atomic E-state index is 4.44. The topological polar surface area (TPSA) is 29.0 Å². The van der Waals surface area contributed by atoms with Gasteiger partial charge in [-0.2, -0.15) is 0 Å². The molecule has 1 atom stereocenters. The number of anilines is 1. The van der Waals surface area contributed by atoms with Gasteiger partial charge >= 0.3 is 0 Å². The number of hydrogen-bond donors (Lipinski definition) is 0. The van der Waals surface area contributed by atoms with Gasteiger partial charge in [0, 0.05) is 25.0 Å². The summed E-state index contributed by atoms with van der Waals surface area (Å²) >= 11 is 0. The van der Waals surface area contributed by atoms with Crippen molar-refractivity contribution in [2.45, 2.75) is 45.6 Å². The fraction of sp³-hybridized carbons (Fsp3) is 0.667. The molecule has 0 aliphatic carbocycles. The van der Waals surface area contributed by atoms with Crippen molar-refractivity contribution in [1.29, 1.82) is 0 Å². The largest absolute Gasteiger partial charge is 0.338 e. The minimum absolute atomic E-state index is 0.589. The van der Waals surface area contributed by atoms with E-state index in [9.17, 15) is 0 Å². The second-order valence-corrected chi connectivity index (χ2v) is 4.28. The van der Waals surface area contributed by atoms with Gasteiger partial charge in [-0.25, -0.2) is 9.97 Å². The molecule has 0 bridgehead atoms. The second kappa shape index (κ2) is 4.60. The first kappa shape index (κ1) is 10.4. The van der Waals surface area contributed by atoms with E-state index in [0.717, 1.165) is 18.9 Å². The monoisotopic (exact) mass is 205 g/mol. The zero-order valence-corrected chi connectivity index (χ0v) is 9.61. The Bertz CT molecular complexity index is 307. The zero-order valence-electron chi connectivity index (χ0n) is 9.61. The van der Waals surface area contributed by atoms with Crippen LogP contribution in [0.4, 0.5) is 5.95 Å². The summed E-state index contributed by atoms with van der Waals surface area (Å²) in [5.41, 5.74) is 1.21. The molecule has 1 aliphatic heterocycles. The van der Waals surface area contributed by atoms with Crippen molar-refractivity contribution >= 4 is 5.95 Å². The molecule has 1 aliphatic rings. The Morgan fingerprint density at radius 1 is 1.33 bits per heavy atom. The van der Waals surface area contributed by atoms with Crippen molar-refractivity contribution < 1.29 is 0 Å². The lowest BCUT2D eigenvalue weighted by atomic mass is 10.0. The fourth-order valence-corrected chi connectivity index (χ4v) is 2.07. The van der Waals surface area contributed by atoms with E-state index >= 15 is 0 Å². The van der Waals surface area contributed by atoms with E-state index in [1.165, 1.54) is 24.8 Å². The minimum Gasteiger partial charge on any atom is -0.338 e. The lowest BCUT2D eigenvalue weighted by Gasteiger charge is -2.33. The van der Waals surface area contributed by atoms with Gasteiger partial charge in [-0.15, -0.1) is 0 Å². The standard InChI is InChI=1S/C12H19N3/c1-3-11-8-13-12(14-9-11)15-7-5-4-6-10(15)2/h8-10H,3-7H2,1-2H3. The molecular weight excluding hydrogens is 186 g/mol. The number of aryl methyl sites for hydroxylation is 1. The van der Waals surface area contributed by atoms with E-state index in [-0.39, 0.29) is 0 Å². The van der Waals surface area contributed by atoms with Crippen LogP contribution in [0.5, 0.6) is 0 Å². The molecular formula is C12H19N3. The van der Waals surface area contributed by atoms with Crippen molar-refractivity contribution in [2.75, 3.05) is 11.4 Å². The summed E-state index contributed by atoms with van der Waals surface area (Å²) in [7, 11) is 0. The SMILES string of the molecule is CCc1cnc(N2CCCCC2C)nc1. The van der Waals surface area contributed by atoms with Gasteiger partial charge in [0.05, 0.1) is 0 Å². The van der Waals surface area contributed by atoms with Crippen LogP contribution in [0, 0.1) is 0 Å². The number of hydrogen-bond acceptors (Lipinski definition) is 3. The van der Waals surface area contributed by atoms with Gasteiger partial charge in [0.2, 0.25) is 5.95 Å². The Kier molecular flexibility index (Phi) is 3.19. The third-order valence-electron chi connectivity index (χ3n) is 3.16. The van der Waals surface area contributed by atoms with Crippen molar-refractivity contribution in [1.82, 2.24) is 9.97 Å². The third kappa shape index (κ3) is 2.28. The van der Waals surface area contributed by atoms with Crippen LogP contribution in [0.3, 0.4) is 0 Å². The lowest BCUT2D eigenvalue weighted by molar-refractivity contribution is 0.477. The molecule has 1 unspecified atom stereocenters. The summed E-state index contributed by atoms with van der Waals surface area (Å²) in [6.07, 6.45) is 8.77. The Labute approximate surface area is 91.5 Å². The second-order valence-electron chi connectivity index (χ2n) is 4.28. The molecule has 3 heteroatoms. The molecule has 0 saturated carbocycles. The smallest absolute Gasteiger partial charge is 0.225 e. The highest BCUT2D eigenvalue weighted by Crippen LogP contribution is 2.20. The van der Waals surface area contributed by atoms with E-state index in [1.807, 2.05) is 12.4 Å². The Morgan fingerprint density at radius 3 is 2.67 bits per heavy atom. The molecule has 0 spiro atoms. The van der Waals surface area contributed by atoms with Crippen LogP contribution in [0.15, 0.2) is 12.4 Å². The third-order valence-corrected chi connectivity index (χ3v) is 3.16. The highest BCUT2D eigenvalue weighted by atomic mass is 15.3. The maximum Gasteiger partial charge on any atom is 0.225 e. The Balaban J connectivity index is 2.13. The van der Waals surface area contributed by atoms with Crippen LogP contribution >= 0.6 is 0 Å². The molecule has 1 saturated heterocycles. The molecule has 2 rings (SSSR count). The fourth-order valence-electron chi connectivity index (χ4n) is 2.07. The molecule has 3 nitrogen and oxygen atoms in total. The summed E-state index contributed by atoms with van der Waals surface area (Å²) in [6, 6.07) is 0.589. The summed E-state index contributed by atoms with van der Waals surface area (Å²) in [4.78, 5) is 11.2. The van der Waals surface area contributed by atoms with Crippen LogP contribution in [0.1, 0.15) is 38.7 Å². The van der Waals surface area contributed by atoms with Gasteiger partial charge < -0.3 is 4.90 Å². The molecule has 82 valence electrons. The molecule has 0 N–H and O–H groups in total.